The molecule has 25 heavy (non-hydrogen) atoms. The van der Waals surface area contributed by atoms with Crippen LogP contribution < -0.4 is 10.1 Å². The highest BCUT2D eigenvalue weighted by molar-refractivity contribution is 7.09. The minimum atomic E-state index is -0.200. The SMILES string of the molecule is Cc1ccc(OCc2nc(C(=O)NC(C)c3cccnc3)cs2)cc1. The van der Waals surface area contributed by atoms with Crippen LogP contribution in [-0.4, -0.2) is 15.9 Å². The number of carbonyl (C=O) groups is 1. The van der Waals surface area contributed by atoms with Crippen molar-refractivity contribution in [1.82, 2.24) is 15.3 Å². The van der Waals surface area contributed by atoms with Gasteiger partial charge in [0.25, 0.3) is 5.91 Å². The van der Waals surface area contributed by atoms with Gasteiger partial charge in [-0.15, -0.1) is 11.3 Å². The summed E-state index contributed by atoms with van der Waals surface area (Å²) in [5.74, 6) is 0.589. The summed E-state index contributed by atoms with van der Waals surface area (Å²) in [5, 5.41) is 5.44. The molecule has 1 amide bonds. The Morgan fingerprint density at radius 3 is 2.80 bits per heavy atom. The van der Waals surface area contributed by atoms with Gasteiger partial charge in [0.05, 0.1) is 6.04 Å². The van der Waals surface area contributed by atoms with Crippen LogP contribution in [0.3, 0.4) is 0 Å². The van der Waals surface area contributed by atoms with Crippen LogP contribution in [0.2, 0.25) is 0 Å². The van der Waals surface area contributed by atoms with Crippen LogP contribution in [0.15, 0.2) is 54.2 Å². The van der Waals surface area contributed by atoms with Crippen LogP contribution in [0, 0.1) is 6.92 Å². The van der Waals surface area contributed by atoms with Crippen LogP contribution >= 0.6 is 11.3 Å². The second kappa shape index (κ2) is 7.90. The van der Waals surface area contributed by atoms with Crippen molar-refractivity contribution in [3.8, 4) is 5.75 Å². The number of thiazole rings is 1. The summed E-state index contributed by atoms with van der Waals surface area (Å²) in [6.45, 7) is 4.30. The molecule has 1 aromatic carbocycles. The molecule has 3 rings (SSSR count). The van der Waals surface area contributed by atoms with E-state index >= 15 is 0 Å². The fourth-order valence-electron chi connectivity index (χ4n) is 2.25. The largest absolute Gasteiger partial charge is 0.486 e. The summed E-state index contributed by atoms with van der Waals surface area (Å²) in [4.78, 5) is 20.7. The van der Waals surface area contributed by atoms with E-state index in [1.807, 2.05) is 50.2 Å². The van der Waals surface area contributed by atoms with Gasteiger partial charge < -0.3 is 10.1 Å². The van der Waals surface area contributed by atoms with Gasteiger partial charge in [-0.3, -0.25) is 9.78 Å². The number of nitrogens with one attached hydrogen (secondary N) is 1. The van der Waals surface area contributed by atoms with Crippen molar-refractivity contribution in [1.29, 1.82) is 0 Å². The quantitative estimate of drug-likeness (QED) is 0.729. The monoisotopic (exact) mass is 353 g/mol. The first-order valence-electron chi connectivity index (χ1n) is 7.96. The number of hydrogen-bond donors (Lipinski definition) is 1. The Kier molecular flexibility index (Phi) is 5.40. The van der Waals surface area contributed by atoms with E-state index in [0.717, 1.165) is 16.3 Å². The van der Waals surface area contributed by atoms with Gasteiger partial charge >= 0.3 is 0 Å². The molecule has 0 saturated heterocycles. The highest BCUT2D eigenvalue weighted by Gasteiger charge is 2.15. The Morgan fingerprint density at radius 2 is 2.08 bits per heavy atom. The molecule has 2 aromatic heterocycles. The summed E-state index contributed by atoms with van der Waals surface area (Å²) < 4.78 is 5.70. The third-order valence-corrected chi connectivity index (χ3v) is 4.52. The molecule has 5 nitrogen and oxygen atoms in total. The van der Waals surface area contributed by atoms with E-state index in [0.29, 0.717) is 12.3 Å². The van der Waals surface area contributed by atoms with Crippen molar-refractivity contribution in [2.45, 2.75) is 26.5 Å². The predicted molar refractivity (Wildman–Crippen MR) is 97.7 cm³/mol. The summed E-state index contributed by atoms with van der Waals surface area (Å²) in [7, 11) is 0. The van der Waals surface area contributed by atoms with Crippen molar-refractivity contribution < 1.29 is 9.53 Å². The Labute approximate surface area is 150 Å². The zero-order valence-electron chi connectivity index (χ0n) is 14.1. The molecule has 6 heteroatoms. The minimum absolute atomic E-state index is 0.129. The fraction of sp³-hybridized carbons (Fsp3) is 0.211. The molecule has 0 fully saturated rings. The van der Waals surface area contributed by atoms with Crippen LogP contribution in [0.1, 0.15) is 39.6 Å². The highest BCUT2D eigenvalue weighted by atomic mass is 32.1. The molecule has 2 heterocycles. The maximum absolute atomic E-state index is 12.3. The second-order valence-corrected chi connectivity index (χ2v) is 6.65. The number of benzene rings is 1. The number of pyridine rings is 1. The first kappa shape index (κ1) is 17.1. The molecular weight excluding hydrogens is 334 g/mol. The molecule has 128 valence electrons. The summed E-state index contributed by atoms with van der Waals surface area (Å²) in [6, 6.07) is 11.5. The van der Waals surface area contributed by atoms with Crippen molar-refractivity contribution in [3.63, 3.8) is 0 Å². The van der Waals surface area contributed by atoms with Gasteiger partial charge in [0.1, 0.15) is 23.1 Å². The van der Waals surface area contributed by atoms with E-state index in [-0.39, 0.29) is 11.9 Å². The van der Waals surface area contributed by atoms with E-state index in [2.05, 4.69) is 15.3 Å². The normalized spacial score (nSPS) is 11.8. The smallest absolute Gasteiger partial charge is 0.271 e. The van der Waals surface area contributed by atoms with Crippen LogP contribution in [0.5, 0.6) is 5.75 Å². The van der Waals surface area contributed by atoms with E-state index in [1.54, 1.807) is 17.8 Å². The molecular formula is C19H19N3O2S. The van der Waals surface area contributed by atoms with Crippen molar-refractivity contribution in [3.05, 3.63) is 76.0 Å². The zero-order chi connectivity index (χ0) is 17.6. The third kappa shape index (κ3) is 4.64. The lowest BCUT2D eigenvalue weighted by Crippen LogP contribution is -2.27. The Balaban J connectivity index is 1.57. The lowest BCUT2D eigenvalue weighted by atomic mass is 10.1. The molecule has 1 unspecified atom stereocenters. The van der Waals surface area contributed by atoms with E-state index in [9.17, 15) is 4.79 Å². The topological polar surface area (TPSA) is 64.1 Å². The van der Waals surface area contributed by atoms with E-state index in [4.69, 9.17) is 4.74 Å². The summed E-state index contributed by atoms with van der Waals surface area (Å²) >= 11 is 1.41. The average molecular weight is 353 g/mol. The van der Waals surface area contributed by atoms with Crippen molar-refractivity contribution in [2.75, 3.05) is 0 Å². The van der Waals surface area contributed by atoms with Crippen molar-refractivity contribution in [2.24, 2.45) is 0 Å². The van der Waals surface area contributed by atoms with Gasteiger partial charge in [0, 0.05) is 17.8 Å². The van der Waals surface area contributed by atoms with Crippen LogP contribution in [0.25, 0.3) is 0 Å². The molecule has 0 spiro atoms. The zero-order valence-corrected chi connectivity index (χ0v) is 14.9. The van der Waals surface area contributed by atoms with Gasteiger partial charge in [0.2, 0.25) is 0 Å². The summed E-state index contributed by atoms with van der Waals surface area (Å²) in [6.07, 6.45) is 3.45. The average Bonchev–Trinajstić information content (AvgIpc) is 3.11. The minimum Gasteiger partial charge on any atom is -0.486 e. The number of carbonyl (C=O) groups excluding carboxylic acids is 1. The van der Waals surface area contributed by atoms with Gasteiger partial charge in [-0.2, -0.15) is 0 Å². The first-order chi connectivity index (χ1) is 12.1. The third-order valence-electron chi connectivity index (χ3n) is 3.70. The van der Waals surface area contributed by atoms with Crippen LogP contribution in [0.4, 0.5) is 0 Å². The molecule has 0 aliphatic heterocycles. The number of aromatic nitrogens is 2. The van der Waals surface area contributed by atoms with Gasteiger partial charge in [-0.1, -0.05) is 23.8 Å². The number of nitrogens with zero attached hydrogens (tertiary/aromatic N) is 2. The molecule has 0 bridgehead atoms. The number of rotatable bonds is 6. The van der Waals surface area contributed by atoms with E-state index < -0.39 is 0 Å². The Bertz CT molecular complexity index is 831. The molecule has 0 saturated carbocycles. The highest BCUT2D eigenvalue weighted by Crippen LogP contribution is 2.17. The fourth-order valence-corrected chi connectivity index (χ4v) is 2.93. The maximum Gasteiger partial charge on any atom is 0.271 e. The second-order valence-electron chi connectivity index (χ2n) is 5.71. The molecule has 0 aliphatic carbocycles. The Hall–Kier alpha value is -2.73. The first-order valence-corrected chi connectivity index (χ1v) is 8.84. The lowest BCUT2D eigenvalue weighted by molar-refractivity contribution is 0.0935. The van der Waals surface area contributed by atoms with Crippen molar-refractivity contribution >= 4 is 17.2 Å². The number of amides is 1. The van der Waals surface area contributed by atoms with E-state index in [1.165, 1.54) is 16.9 Å². The maximum atomic E-state index is 12.3. The number of aryl methyl sites for hydroxylation is 1. The van der Waals surface area contributed by atoms with Gasteiger partial charge in [-0.05, 0) is 37.6 Å². The predicted octanol–water partition coefficient (Wildman–Crippen LogP) is 3.92. The molecule has 1 atom stereocenters. The summed E-state index contributed by atoms with van der Waals surface area (Å²) in [5.41, 5.74) is 2.54. The molecule has 0 aliphatic rings. The molecule has 0 radical (unpaired) electrons. The lowest BCUT2D eigenvalue weighted by Gasteiger charge is -2.12. The Morgan fingerprint density at radius 1 is 1.28 bits per heavy atom. The molecule has 1 N–H and O–H groups in total. The number of ether oxygens (including phenoxy) is 1. The number of hydrogen-bond acceptors (Lipinski definition) is 5. The van der Waals surface area contributed by atoms with Crippen LogP contribution in [-0.2, 0) is 6.61 Å². The standard InChI is InChI=1S/C19H19N3O2S/c1-13-5-7-16(8-6-13)24-11-18-22-17(12-25-18)19(23)21-14(2)15-4-3-9-20-10-15/h3-10,12,14H,11H2,1-2H3,(H,21,23). The molecule has 3 aromatic rings. The van der Waals surface area contributed by atoms with Gasteiger partial charge in [0.15, 0.2) is 0 Å². The van der Waals surface area contributed by atoms with Gasteiger partial charge in [-0.25, -0.2) is 4.98 Å².